The van der Waals surface area contributed by atoms with Crippen LogP contribution in [0.25, 0.3) is 0 Å². The quantitative estimate of drug-likeness (QED) is 0.846. The van der Waals surface area contributed by atoms with Crippen LogP contribution in [-0.4, -0.2) is 85.2 Å². The van der Waals surface area contributed by atoms with E-state index >= 15 is 0 Å². The highest BCUT2D eigenvalue weighted by atomic mass is 15.4. The minimum absolute atomic E-state index is 0.705. The van der Waals surface area contributed by atoms with E-state index in [-0.39, 0.29) is 0 Å². The molecule has 4 heterocycles. The largest absolute Gasteiger partial charge is 0.317 e. The molecule has 0 radical (unpaired) electrons. The number of piperidine rings is 2. The molecule has 1 N–H and O–H groups in total. The first-order valence-electron chi connectivity index (χ1n) is 9.58. The minimum Gasteiger partial charge on any atom is -0.317 e. The molecular weight excluding hydrogens is 272 g/mol. The number of hydrogen-bond donors (Lipinski definition) is 1. The zero-order valence-electron chi connectivity index (χ0n) is 14.6. The van der Waals surface area contributed by atoms with Crippen LogP contribution < -0.4 is 5.32 Å². The summed E-state index contributed by atoms with van der Waals surface area (Å²) in [5, 5.41) is 3.53. The molecule has 1 spiro atoms. The highest BCUT2D eigenvalue weighted by molar-refractivity contribution is 5.00. The van der Waals surface area contributed by atoms with E-state index in [9.17, 15) is 0 Å². The fourth-order valence-corrected chi connectivity index (χ4v) is 4.98. The molecule has 4 aliphatic rings. The van der Waals surface area contributed by atoms with Crippen molar-refractivity contribution in [3.05, 3.63) is 0 Å². The van der Waals surface area contributed by atoms with Crippen molar-refractivity contribution in [1.29, 1.82) is 0 Å². The van der Waals surface area contributed by atoms with E-state index in [1.54, 1.807) is 0 Å². The van der Waals surface area contributed by atoms with Crippen LogP contribution in [0.3, 0.4) is 0 Å². The van der Waals surface area contributed by atoms with E-state index in [4.69, 9.17) is 0 Å². The molecule has 0 bridgehead atoms. The third kappa shape index (κ3) is 2.83. The average Bonchev–Trinajstić information content (AvgIpc) is 2.42. The van der Waals surface area contributed by atoms with Crippen LogP contribution in [0.2, 0.25) is 0 Å². The van der Waals surface area contributed by atoms with Crippen LogP contribution in [0.1, 0.15) is 39.5 Å². The predicted octanol–water partition coefficient (Wildman–Crippen LogP) is 1.23. The van der Waals surface area contributed by atoms with Crippen molar-refractivity contribution in [2.24, 2.45) is 5.41 Å². The maximum Gasteiger partial charge on any atom is 0.0352 e. The van der Waals surface area contributed by atoms with Gasteiger partial charge in [-0.3, -0.25) is 14.7 Å². The van der Waals surface area contributed by atoms with Crippen LogP contribution in [-0.2, 0) is 0 Å². The lowest BCUT2D eigenvalue weighted by Gasteiger charge is -2.56. The first kappa shape index (κ1) is 15.4. The summed E-state index contributed by atoms with van der Waals surface area (Å²) in [6.45, 7) is 15.2. The lowest BCUT2D eigenvalue weighted by atomic mass is 9.71. The Balaban J connectivity index is 1.19. The Labute approximate surface area is 136 Å². The van der Waals surface area contributed by atoms with Crippen molar-refractivity contribution in [1.82, 2.24) is 20.0 Å². The smallest absolute Gasteiger partial charge is 0.0352 e. The molecule has 4 nitrogen and oxygen atoms in total. The van der Waals surface area contributed by atoms with E-state index in [2.05, 4.69) is 33.9 Å². The number of nitrogens with zero attached hydrogens (tertiary/aromatic N) is 3. The Kier molecular flexibility index (Phi) is 4.22. The van der Waals surface area contributed by atoms with Crippen molar-refractivity contribution >= 4 is 0 Å². The van der Waals surface area contributed by atoms with Gasteiger partial charge >= 0.3 is 0 Å². The first-order valence-corrected chi connectivity index (χ1v) is 9.58. The zero-order valence-corrected chi connectivity index (χ0v) is 14.6. The van der Waals surface area contributed by atoms with Crippen molar-refractivity contribution in [3.8, 4) is 0 Å². The van der Waals surface area contributed by atoms with Gasteiger partial charge in [0.05, 0.1) is 0 Å². The van der Waals surface area contributed by atoms with Crippen molar-refractivity contribution in [2.75, 3.05) is 52.4 Å². The van der Waals surface area contributed by atoms with Gasteiger partial charge in [0.25, 0.3) is 0 Å². The first-order chi connectivity index (χ1) is 10.7. The highest BCUT2D eigenvalue weighted by Gasteiger charge is 2.43. The third-order valence-corrected chi connectivity index (χ3v) is 7.07. The third-order valence-electron chi connectivity index (χ3n) is 7.07. The maximum absolute atomic E-state index is 3.53. The van der Waals surface area contributed by atoms with Gasteiger partial charge in [-0.2, -0.15) is 0 Å². The summed E-state index contributed by atoms with van der Waals surface area (Å²) in [6, 6.07) is 2.46. The zero-order chi connectivity index (χ0) is 15.2. The second-order valence-electron chi connectivity index (χ2n) is 8.60. The fraction of sp³-hybridized carbons (Fsp3) is 1.00. The molecule has 0 unspecified atom stereocenters. The second kappa shape index (κ2) is 6.04. The second-order valence-corrected chi connectivity index (χ2v) is 8.60. The number of rotatable bonds is 3. The van der Waals surface area contributed by atoms with Gasteiger partial charge in [-0.05, 0) is 71.1 Å². The molecule has 4 aliphatic heterocycles. The molecule has 0 aromatic carbocycles. The maximum atomic E-state index is 3.53. The van der Waals surface area contributed by atoms with Crippen LogP contribution in [0.15, 0.2) is 0 Å². The van der Waals surface area contributed by atoms with Gasteiger partial charge in [0.2, 0.25) is 0 Å². The summed E-state index contributed by atoms with van der Waals surface area (Å²) in [5.41, 5.74) is 0.705. The lowest BCUT2D eigenvalue weighted by Crippen LogP contribution is -2.70. The molecule has 22 heavy (non-hydrogen) atoms. The molecule has 4 rings (SSSR count). The van der Waals surface area contributed by atoms with Gasteiger partial charge in [0, 0.05) is 44.3 Å². The minimum atomic E-state index is 0.705. The van der Waals surface area contributed by atoms with Crippen molar-refractivity contribution < 1.29 is 0 Å². The molecule has 0 atom stereocenters. The van der Waals surface area contributed by atoms with E-state index in [1.807, 2.05) is 0 Å². The molecule has 4 fully saturated rings. The van der Waals surface area contributed by atoms with Crippen LogP contribution in [0, 0.1) is 5.41 Å². The summed E-state index contributed by atoms with van der Waals surface area (Å²) in [6.07, 6.45) is 5.75. The van der Waals surface area contributed by atoms with Gasteiger partial charge in [-0.15, -0.1) is 0 Å². The molecule has 4 saturated heterocycles. The molecule has 4 heteroatoms. The topological polar surface area (TPSA) is 21.8 Å². The Morgan fingerprint density at radius 3 is 2.00 bits per heavy atom. The average molecular weight is 306 g/mol. The number of hydrogen-bond acceptors (Lipinski definition) is 4. The SMILES string of the molecule is CC(C)N1CC(N2CC(N3CCC4(CCNCC4)CC3)C2)C1. The van der Waals surface area contributed by atoms with Gasteiger partial charge in [-0.1, -0.05) is 0 Å². The number of nitrogens with one attached hydrogen (secondary N) is 1. The monoisotopic (exact) mass is 306 g/mol. The molecule has 0 aromatic heterocycles. The molecular formula is C18H34N4. The van der Waals surface area contributed by atoms with E-state index in [1.165, 1.54) is 78.0 Å². The summed E-state index contributed by atoms with van der Waals surface area (Å²) >= 11 is 0. The summed E-state index contributed by atoms with van der Waals surface area (Å²) in [4.78, 5) is 8.14. The molecule has 0 saturated carbocycles. The predicted molar refractivity (Wildman–Crippen MR) is 91.2 cm³/mol. The van der Waals surface area contributed by atoms with Gasteiger partial charge < -0.3 is 5.32 Å². The van der Waals surface area contributed by atoms with Gasteiger partial charge in [-0.25, -0.2) is 0 Å². The van der Waals surface area contributed by atoms with Gasteiger partial charge in [0.1, 0.15) is 0 Å². The Hall–Kier alpha value is -0.160. The van der Waals surface area contributed by atoms with E-state index < -0.39 is 0 Å². The van der Waals surface area contributed by atoms with E-state index in [0.29, 0.717) is 5.41 Å². The summed E-state index contributed by atoms with van der Waals surface area (Å²) in [5.74, 6) is 0. The molecule has 0 aliphatic carbocycles. The highest BCUT2D eigenvalue weighted by Crippen LogP contribution is 2.40. The molecule has 0 amide bonds. The normalized spacial score (nSPS) is 32.3. The summed E-state index contributed by atoms with van der Waals surface area (Å²) in [7, 11) is 0. The molecule has 0 aromatic rings. The molecule has 126 valence electrons. The van der Waals surface area contributed by atoms with Crippen LogP contribution in [0.5, 0.6) is 0 Å². The standard InChI is InChI=1S/C18H34N4/c1-15(2)21-11-17(12-21)22-13-16(14-22)20-9-5-18(6-10-20)3-7-19-8-4-18/h15-17,19H,3-14H2,1-2H3. The van der Waals surface area contributed by atoms with E-state index in [0.717, 1.165) is 18.1 Å². The fourth-order valence-electron chi connectivity index (χ4n) is 4.98. The number of likely N-dealkylation sites (tertiary alicyclic amines) is 3. The lowest BCUT2D eigenvalue weighted by molar-refractivity contribution is -0.0723. The Morgan fingerprint density at radius 2 is 1.41 bits per heavy atom. The van der Waals surface area contributed by atoms with Crippen LogP contribution in [0.4, 0.5) is 0 Å². The van der Waals surface area contributed by atoms with Crippen molar-refractivity contribution in [3.63, 3.8) is 0 Å². The van der Waals surface area contributed by atoms with Gasteiger partial charge in [0.15, 0.2) is 0 Å². The van der Waals surface area contributed by atoms with Crippen molar-refractivity contribution in [2.45, 2.75) is 57.7 Å². The Morgan fingerprint density at radius 1 is 0.818 bits per heavy atom. The summed E-state index contributed by atoms with van der Waals surface area (Å²) < 4.78 is 0. The van der Waals surface area contributed by atoms with Crippen LogP contribution >= 0.6 is 0 Å². The Bertz CT molecular complexity index is 369.